The van der Waals surface area contributed by atoms with Gasteiger partial charge in [0.15, 0.2) is 0 Å². The Bertz CT molecular complexity index is 874. The Morgan fingerprint density at radius 3 is 2.86 bits per heavy atom. The smallest absolute Gasteiger partial charge is 0.0933 e. The van der Waals surface area contributed by atoms with Crippen molar-refractivity contribution in [1.29, 1.82) is 0 Å². The third kappa shape index (κ3) is 1.87. The van der Waals surface area contributed by atoms with E-state index in [4.69, 9.17) is 4.84 Å². The van der Waals surface area contributed by atoms with Crippen LogP contribution in [-0.4, -0.2) is 6.10 Å². The summed E-state index contributed by atoms with van der Waals surface area (Å²) in [5.74, 6) is 0. The first-order chi connectivity index (χ1) is 10.8. The molecule has 110 valence electrons. The van der Waals surface area contributed by atoms with Crippen molar-refractivity contribution in [2.24, 2.45) is 0 Å². The normalized spacial score (nSPS) is 23.0. The average molecular weight is 372 g/mol. The molecule has 2 aromatic carbocycles. The number of hydrogen-bond acceptors (Lipinski definition) is 3. The maximum atomic E-state index is 6.23. The summed E-state index contributed by atoms with van der Waals surface area (Å²) in [5, 5.41) is 4.74. The van der Waals surface area contributed by atoms with Gasteiger partial charge in [-0.3, -0.25) is 4.84 Å². The first-order valence-electron chi connectivity index (χ1n) is 7.51. The summed E-state index contributed by atoms with van der Waals surface area (Å²) >= 11 is 5.39. The molecule has 2 aliphatic rings. The van der Waals surface area contributed by atoms with Gasteiger partial charge >= 0.3 is 0 Å². The molecule has 2 nitrogen and oxygen atoms in total. The van der Waals surface area contributed by atoms with E-state index < -0.39 is 0 Å². The predicted octanol–water partition coefficient (Wildman–Crippen LogP) is 5.47. The summed E-state index contributed by atoms with van der Waals surface area (Å²) < 4.78 is 1.18. The third-order valence-electron chi connectivity index (χ3n) is 4.61. The summed E-state index contributed by atoms with van der Waals surface area (Å²) in [7, 11) is 0. The van der Waals surface area contributed by atoms with E-state index in [1.807, 2.05) is 11.3 Å². The van der Waals surface area contributed by atoms with Gasteiger partial charge in [-0.15, -0.1) is 11.3 Å². The highest BCUT2D eigenvalue weighted by molar-refractivity contribution is 9.11. The summed E-state index contributed by atoms with van der Waals surface area (Å²) in [6.07, 6.45) is 2.38. The van der Waals surface area contributed by atoms with Crippen LogP contribution in [0, 0.1) is 0 Å². The highest BCUT2D eigenvalue weighted by Gasteiger charge is 2.41. The van der Waals surface area contributed by atoms with Gasteiger partial charge in [-0.2, -0.15) is 0 Å². The van der Waals surface area contributed by atoms with Crippen LogP contribution in [0.2, 0.25) is 0 Å². The second kappa shape index (κ2) is 4.82. The van der Waals surface area contributed by atoms with E-state index in [1.54, 1.807) is 0 Å². The number of thiophene rings is 1. The van der Waals surface area contributed by atoms with Crippen LogP contribution in [-0.2, 0) is 11.3 Å². The van der Waals surface area contributed by atoms with Crippen LogP contribution in [0.15, 0.2) is 52.3 Å². The minimum absolute atomic E-state index is 0.305. The molecule has 1 saturated heterocycles. The Morgan fingerprint density at radius 2 is 2.00 bits per heavy atom. The van der Waals surface area contributed by atoms with Crippen LogP contribution < -0.4 is 5.06 Å². The number of fused-ring (bicyclic) bond motifs is 6. The van der Waals surface area contributed by atoms with Crippen LogP contribution in [0.5, 0.6) is 0 Å². The standard InChI is InChI=1S/C18H14BrNOS/c19-17-8-7-16(22-17)15-10-13-9-12-6-5-11-3-1-2-4-14(11)18(12)20(15)21-13/h1-8,13,15H,9-10H2/t13-,15-/m0/s1. The van der Waals surface area contributed by atoms with E-state index in [0.717, 1.165) is 12.8 Å². The number of hydroxylamine groups is 1. The molecule has 5 rings (SSSR count). The zero-order chi connectivity index (χ0) is 14.7. The molecular weight excluding hydrogens is 358 g/mol. The molecular formula is C18H14BrNOS. The van der Waals surface area contributed by atoms with Crippen molar-refractivity contribution in [3.8, 4) is 0 Å². The molecule has 0 aliphatic carbocycles. The van der Waals surface area contributed by atoms with Crippen molar-refractivity contribution in [3.63, 3.8) is 0 Å². The van der Waals surface area contributed by atoms with Crippen molar-refractivity contribution >= 4 is 43.7 Å². The fourth-order valence-electron chi connectivity index (χ4n) is 3.66. The first-order valence-corrected chi connectivity index (χ1v) is 9.12. The SMILES string of the molecule is Brc1ccc([C@@H]2C[C@@H]3Cc4ccc5ccccc5c4N2O3)s1. The zero-order valence-electron chi connectivity index (χ0n) is 11.8. The van der Waals surface area contributed by atoms with Crippen molar-refractivity contribution in [2.45, 2.75) is 25.0 Å². The molecule has 0 radical (unpaired) electrons. The monoisotopic (exact) mass is 371 g/mol. The van der Waals surface area contributed by atoms with Gasteiger partial charge in [0, 0.05) is 23.1 Å². The van der Waals surface area contributed by atoms with Crippen LogP contribution in [0.3, 0.4) is 0 Å². The quantitative estimate of drug-likeness (QED) is 0.562. The molecule has 1 aromatic heterocycles. The second-order valence-corrected chi connectivity index (χ2v) is 8.44. The Hall–Kier alpha value is -1.36. The van der Waals surface area contributed by atoms with Crippen LogP contribution >= 0.6 is 27.3 Å². The van der Waals surface area contributed by atoms with Gasteiger partial charge in [0.1, 0.15) is 0 Å². The molecule has 0 amide bonds. The molecule has 0 N–H and O–H groups in total. The summed E-state index contributed by atoms with van der Waals surface area (Å²) in [6, 6.07) is 17.8. The number of anilines is 1. The molecule has 0 unspecified atom stereocenters. The van der Waals surface area contributed by atoms with Crippen molar-refractivity contribution in [2.75, 3.05) is 5.06 Å². The predicted molar refractivity (Wildman–Crippen MR) is 94.4 cm³/mol. The van der Waals surface area contributed by atoms with Gasteiger partial charge in [0.05, 0.1) is 21.6 Å². The van der Waals surface area contributed by atoms with E-state index in [0.29, 0.717) is 12.1 Å². The molecule has 22 heavy (non-hydrogen) atoms. The number of hydrogen-bond donors (Lipinski definition) is 0. The van der Waals surface area contributed by atoms with Gasteiger partial charge in [0.25, 0.3) is 0 Å². The van der Waals surface area contributed by atoms with Crippen molar-refractivity contribution in [1.82, 2.24) is 0 Å². The van der Waals surface area contributed by atoms with Gasteiger partial charge in [-0.25, -0.2) is 5.06 Å². The van der Waals surface area contributed by atoms with E-state index >= 15 is 0 Å². The number of benzene rings is 2. The third-order valence-corrected chi connectivity index (χ3v) is 6.33. The van der Waals surface area contributed by atoms with E-state index in [1.165, 1.54) is 30.7 Å². The molecule has 2 atom stereocenters. The van der Waals surface area contributed by atoms with Gasteiger partial charge in [-0.05, 0) is 39.0 Å². The molecule has 4 heteroatoms. The van der Waals surface area contributed by atoms with E-state index in [-0.39, 0.29) is 0 Å². The zero-order valence-corrected chi connectivity index (χ0v) is 14.2. The van der Waals surface area contributed by atoms with E-state index in [9.17, 15) is 0 Å². The summed E-state index contributed by atoms with van der Waals surface area (Å²) in [5.41, 5.74) is 2.68. The van der Waals surface area contributed by atoms with Gasteiger partial charge in [0.2, 0.25) is 0 Å². The summed E-state index contributed by atoms with van der Waals surface area (Å²) in [6.45, 7) is 0. The lowest BCUT2D eigenvalue weighted by atomic mass is 9.99. The number of nitrogens with zero attached hydrogens (tertiary/aromatic N) is 1. The Morgan fingerprint density at radius 1 is 1.09 bits per heavy atom. The maximum Gasteiger partial charge on any atom is 0.0933 e. The average Bonchev–Trinajstić information content (AvgIpc) is 3.11. The van der Waals surface area contributed by atoms with Crippen LogP contribution in [0.1, 0.15) is 22.9 Å². The highest BCUT2D eigenvalue weighted by atomic mass is 79.9. The fraction of sp³-hybridized carbons (Fsp3) is 0.222. The molecule has 2 aliphatic heterocycles. The molecule has 0 saturated carbocycles. The Labute approximate surface area is 141 Å². The molecule has 3 heterocycles. The van der Waals surface area contributed by atoms with Gasteiger partial charge < -0.3 is 0 Å². The highest BCUT2D eigenvalue weighted by Crippen LogP contribution is 2.49. The molecule has 3 aromatic rings. The lowest BCUT2D eigenvalue weighted by molar-refractivity contribution is 0.0742. The lowest BCUT2D eigenvalue weighted by Gasteiger charge is -2.31. The maximum absolute atomic E-state index is 6.23. The minimum atomic E-state index is 0.305. The number of halogens is 1. The lowest BCUT2D eigenvalue weighted by Crippen LogP contribution is -2.27. The van der Waals surface area contributed by atoms with Gasteiger partial charge in [-0.1, -0.05) is 36.4 Å². The molecule has 0 spiro atoms. The Kier molecular flexibility index (Phi) is 2.87. The second-order valence-electron chi connectivity index (χ2n) is 5.95. The van der Waals surface area contributed by atoms with Crippen LogP contribution in [0.4, 0.5) is 5.69 Å². The van der Waals surface area contributed by atoms with Crippen LogP contribution in [0.25, 0.3) is 10.8 Å². The van der Waals surface area contributed by atoms with Crippen molar-refractivity contribution in [3.05, 3.63) is 62.8 Å². The summed E-state index contributed by atoms with van der Waals surface area (Å²) in [4.78, 5) is 7.60. The van der Waals surface area contributed by atoms with Crippen molar-refractivity contribution < 1.29 is 4.84 Å². The first kappa shape index (κ1) is 13.1. The fourth-order valence-corrected chi connectivity index (χ4v) is 5.18. The molecule has 1 fully saturated rings. The topological polar surface area (TPSA) is 12.5 Å². The number of rotatable bonds is 1. The minimum Gasteiger partial charge on any atom is -0.269 e. The Balaban J connectivity index is 1.70. The molecule has 2 bridgehead atoms. The van der Waals surface area contributed by atoms with E-state index in [2.05, 4.69) is 69.5 Å². The largest absolute Gasteiger partial charge is 0.269 e.